The van der Waals surface area contributed by atoms with Crippen LogP contribution in [0.1, 0.15) is 25.5 Å². The van der Waals surface area contributed by atoms with Crippen LogP contribution in [0.25, 0.3) is 0 Å². The van der Waals surface area contributed by atoms with Gasteiger partial charge in [-0.15, -0.1) is 5.10 Å². The molecule has 9 heteroatoms. The quantitative estimate of drug-likeness (QED) is 0.710. The van der Waals surface area contributed by atoms with Gasteiger partial charge >= 0.3 is 0 Å². The largest absolute Gasteiger partial charge is 0.494 e. The van der Waals surface area contributed by atoms with E-state index in [1.54, 1.807) is 23.9 Å². The van der Waals surface area contributed by atoms with Crippen molar-refractivity contribution < 1.29 is 13.9 Å². The van der Waals surface area contributed by atoms with E-state index in [0.29, 0.717) is 17.3 Å². The Labute approximate surface area is 144 Å². The number of carbonyl (C=O) groups excluding carboxylic acids is 1. The van der Waals surface area contributed by atoms with Crippen molar-refractivity contribution >= 4 is 17.7 Å². The maximum atomic E-state index is 13.7. The number of nitrogens with zero attached hydrogens (tertiary/aromatic N) is 5. The second-order valence-electron chi connectivity index (χ2n) is 5.51. The number of tetrazole rings is 1. The summed E-state index contributed by atoms with van der Waals surface area (Å²) in [7, 11) is 3.09. The Morgan fingerprint density at radius 2 is 2.21 bits per heavy atom. The zero-order chi connectivity index (χ0) is 17.7. The molecule has 24 heavy (non-hydrogen) atoms. The monoisotopic (exact) mass is 353 g/mol. The zero-order valence-corrected chi connectivity index (χ0v) is 14.9. The minimum atomic E-state index is -0.443. The van der Waals surface area contributed by atoms with Crippen LogP contribution in [-0.2, 0) is 11.3 Å². The Kier molecular flexibility index (Phi) is 6.13. The molecule has 0 aliphatic heterocycles. The summed E-state index contributed by atoms with van der Waals surface area (Å²) in [4.78, 5) is 13.8. The molecule has 0 bridgehead atoms. The van der Waals surface area contributed by atoms with Crippen LogP contribution < -0.4 is 4.74 Å². The van der Waals surface area contributed by atoms with Gasteiger partial charge in [0.1, 0.15) is 0 Å². The van der Waals surface area contributed by atoms with Crippen LogP contribution in [0.5, 0.6) is 5.75 Å². The lowest BCUT2D eigenvalue weighted by Gasteiger charge is -2.17. The number of hydrogen-bond acceptors (Lipinski definition) is 6. The van der Waals surface area contributed by atoms with Crippen molar-refractivity contribution in [2.75, 3.05) is 19.9 Å². The molecule has 0 saturated heterocycles. The molecule has 0 N–H and O–H groups in total. The van der Waals surface area contributed by atoms with Gasteiger partial charge < -0.3 is 9.64 Å². The maximum absolute atomic E-state index is 13.7. The van der Waals surface area contributed by atoms with Crippen LogP contribution in [0.4, 0.5) is 4.39 Å². The van der Waals surface area contributed by atoms with Crippen LogP contribution >= 0.6 is 11.8 Å². The Balaban J connectivity index is 1.92. The van der Waals surface area contributed by atoms with Gasteiger partial charge in [-0.2, -0.15) is 0 Å². The SMILES string of the molecule is COc1ccc(CN(C)C(=O)CSc2nnnn2C(C)C)cc1F. The fourth-order valence-corrected chi connectivity index (χ4v) is 2.96. The molecule has 7 nitrogen and oxygen atoms in total. The lowest BCUT2D eigenvalue weighted by atomic mass is 10.2. The summed E-state index contributed by atoms with van der Waals surface area (Å²) in [5.41, 5.74) is 0.696. The topological polar surface area (TPSA) is 73.1 Å². The molecule has 1 amide bonds. The Bertz CT molecular complexity index is 707. The highest BCUT2D eigenvalue weighted by atomic mass is 32.2. The molecule has 2 rings (SSSR count). The van der Waals surface area contributed by atoms with Gasteiger partial charge in [0.2, 0.25) is 11.1 Å². The fourth-order valence-electron chi connectivity index (χ4n) is 2.01. The van der Waals surface area contributed by atoms with Crippen molar-refractivity contribution in [3.8, 4) is 5.75 Å². The highest BCUT2D eigenvalue weighted by molar-refractivity contribution is 7.99. The third-order valence-electron chi connectivity index (χ3n) is 3.34. The fraction of sp³-hybridized carbons (Fsp3) is 0.467. The van der Waals surface area contributed by atoms with Crippen molar-refractivity contribution in [3.05, 3.63) is 29.6 Å². The zero-order valence-electron chi connectivity index (χ0n) is 14.1. The first-order chi connectivity index (χ1) is 11.4. The molecule has 1 aromatic carbocycles. The molecule has 0 spiro atoms. The van der Waals surface area contributed by atoms with Gasteiger partial charge in [-0.25, -0.2) is 9.07 Å². The summed E-state index contributed by atoms with van der Waals surface area (Å²) in [5, 5.41) is 12.0. The lowest BCUT2D eigenvalue weighted by Crippen LogP contribution is -2.28. The first kappa shape index (κ1) is 18.2. The molecule has 0 aliphatic carbocycles. The van der Waals surface area contributed by atoms with E-state index in [2.05, 4.69) is 15.5 Å². The summed E-state index contributed by atoms with van der Waals surface area (Å²) in [6.45, 7) is 4.24. The van der Waals surface area contributed by atoms with E-state index in [1.165, 1.54) is 29.8 Å². The van der Waals surface area contributed by atoms with Crippen LogP contribution in [0.3, 0.4) is 0 Å². The number of thioether (sulfide) groups is 1. The second-order valence-corrected chi connectivity index (χ2v) is 6.45. The molecule has 2 aromatic rings. The molecule has 0 aliphatic rings. The molecule has 1 heterocycles. The van der Waals surface area contributed by atoms with Crippen LogP contribution in [0.15, 0.2) is 23.4 Å². The number of aromatic nitrogens is 4. The van der Waals surface area contributed by atoms with E-state index in [4.69, 9.17) is 4.74 Å². The van der Waals surface area contributed by atoms with Crippen molar-refractivity contribution in [2.45, 2.75) is 31.6 Å². The van der Waals surface area contributed by atoms with Crippen LogP contribution in [0, 0.1) is 5.82 Å². The first-order valence-corrected chi connectivity index (χ1v) is 8.38. The van der Waals surface area contributed by atoms with Gasteiger partial charge in [0.05, 0.1) is 18.9 Å². The van der Waals surface area contributed by atoms with Gasteiger partial charge in [-0.3, -0.25) is 4.79 Å². The predicted molar refractivity (Wildman–Crippen MR) is 88.4 cm³/mol. The van der Waals surface area contributed by atoms with Gasteiger partial charge in [0, 0.05) is 13.6 Å². The van der Waals surface area contributed by atoms with E-state index >= 15 is 0 Å². The first-order valence-electron chi connectivity index (χ1n) is 7.39. The molecule has 0 atom stereocenters. The van der Waals surface area contributed by atoms with E-state index in [9.17, 15) is 9.18 Å². The van der Waals surface area contributed by atoms with Crippen molar-refractivity contribution in [3.63, 3.8) is 0 Å². The number of benzene rings is 1. The highest BCUT2D eigenvalue weighted by Crippen LogP contribution is 2.20. The number of carbonyl (C=O) groups is 1. The summed E-state index contributed by atoms with van der Waals surface area (Å²) in [6.07, 6.45) is 0. The normalized spacial score (nSPS) is 10.9. The standard InChI is InChI=1S/C15H20FN5O2S/c1-10(2)21-15(17-18-19-21)24-9-14(22)20(3)8-11-5-6-13(23-4)12(16)7-11/h5-7,10H,8-9H2,1-4H3. The molecule has 130 valence electrons. The number of halogens is 1. The average molecular weight is 353 g/mol. The van der Waals surface area contributed by atoms with Crippen LogP contribution in [-0.4, -0.2) is 50.9 Å². The van der Waals surface area contributed by atoms with Crippen molar-refractivity contribution in [1.29, 1.82) is 0 Å². The number of rotatable bonds is 7. The van der Waals surface area contributed by atoms with Crippen molar-refractivity contribution in [2.24, 2.45) is 0 Å². The third-order valence-corrected chi connectivity index (χ3v) is 4.26. The van der Waals surface area contributed by atoms with Gasteiger partial charge in [-0.1, -0.05) is 17.8 Å². The van der Waals surface area contributed by atoms with Gasteiger partial charge in [0.25, 0.3) is 0 Å². The Hall–Kier alpha value is -2.16. The summed E-state index contributed by atoms with van der Waals surface area (Å²) >= 11 is 1.28. The number of amides is 1. The molecule has 1 aromatic heterocycles. The van der Waals surface area contributed by atoms with Crippen molar-refractivity contribution in [1.82, 2.24) is 25.1 Å². The molecule has 0 fully saturated rings. The predicted octanol–water partition coefficient (Wildman–Crippen LogP) is 2.15. The van der Waals surface area contributed by atoms with E-state index in [-0.39, 0.29) is 23.5 Å². The third kappa shape index (κ3) is 4.44. The summed E-state index contributed by atoms with van der Waals surface area (Å²) < 4.78 is 20.2. The molecular weight excluding hydrogens is 333 g/mol. The second kappa shape index (κ2) is 8.09. The van der Waals surface area contributed by atoms with E-state index < -0.39 is 5.82 Å². The molecule has 0 saturated carbocycles. The lowest BCUT2D eigenvalue weighted by molar-refractivity contribution is -0.127. The number of ether oxygens (including phenoxy) is 1. The van der Waals surface area contributed by atoms with Gasteiger partial charge in [0.15, 0.2) is 11.6 Å². The number of methoxy groups -OCH3 is 1. The Morgan fingerprint density at radius 3 is 2.83 bits per heavy atom. The molecule has 0 unspecified atom stereocenters. The summed E-state index contributed by atoms with van der Waals surface area (Å²) in [5.74, 6) is -0.137. The summed E-state index contributed by atoms with van der Waals surface area (Å²) in [6, 6.07) is 4.78. The van der Waals surface area contributed by atoms with Crippen LogP contribution in [0.2, 0.25) is 0 Å². The van der Waals surface area contributed by atoms with Gasteiger partial charge in [-0.05, 0) is 42.0 Å². The van der Waals surface area contributed by atoms with E-state index in [0.717, 1.165) is 0 Å². The molecule has 0 radical (unpaired) electrons. The molecular formula is C15H20FN5O2S. The maximum Gasteiger partial charge on any atom is 0.233 e. The minimum Gasteiger partial charge on any atom is -0.494 e. The van der Waals surface area contributed by atoms with E-state index in [1.807, 2.05) is 13.8 Å². The average Bonchev–Trinajstić information content (AvgIpc) is 3.01. The highest BCUT2D eigenvalue weighted by Gasteiger charge is 2.15. The smallest absolute Gasteiger partial charge is 0.233 e. The number of hydrogen-bond donors (Lipinski definition) is 0. The minimum absolute atomic E-state index is 0.0884. The Morgan fingerprint density at radius 1 is 1.46 bits per heavy atom.